The Hall–Kier alpha value is -2.10. The van der Waals surface area contributed by atoms with Gasteiger partial charge in [-0.1, -0.05) is 12.1 Å². The molecule has 0 atom stereocenters. The molecule has 0 unspecified atom stereocenters. The maximum absolute atomic E-state index is 10.6. The molecular weight excluding hydrogens is 411 g/mol. The number of aliphatic imine (C=N–C) groups is 1. The van der Waals surface area contributed by atoms with E-state index in [2.05, 4.69) is 15.6 Å². The lowest BCUT2D eigenvalue weighted by Crippen LogP contribution is -2.36. The van der Waals surface area contributed by atoms with Crippen LogP contribution in [0.2, 0.25) is 0 Å². The summed E-state index contributed by atoms with van der Waals surface area (Å²) in [4.78, 5) is 14.6. The van der Waals surface area contributed by atoms with E-state index in [-0.39, 0.29) is 29.7 Å². The molecule has 0 amide bonds. The summed E-state index contributed by atoms with van der Waals surface area (Å²) in [6.45, 7) is 3.70. The number of hydrogen-bond donors (Lipinski definition) is 2. The summed E-state index contributed by atoms with van der Waals surface area (Å²) in [7, 11) is 0. The van der Waals surface area contributed by atoms with Crippen molar-refractivity contribution in [3.63, 3.8) is 0 Å². The number of nitrogens with zero attached hydrogens (tertiary/aromatic N) is 2. The van der Waals surface area contributed by atoms with E-state index in [1.807, 2.05) is 19.1 Å². The number of rotatable bonds is 6. The van der Waals surface area contributed by atoms with E-state index in [9.17, 15) is 10.1 Å². The van der Waals surface area contributed by atoms with Gasteiger partial charge in [0.1, 0.15) is 5.76 Å². The molecule has 0 aliphatic heterocycles. The van der Waals surface area contributed by atoms with Gasteiger partial charge < -0.3 is 15.1 Å². The van der Waals surface area contributed by atoms with Crippen LogP contribution in [0.25, 0.3) is 0 Å². The van der Waals surface area contributed by atoms with Gasteiger partial charge in [0.2, 0.25) is 0 Å². The molecule has 1 aromatic heterocycles. The lowest BCUT2D eigenvalue weighted by Gasteiger charge is -2.10. The van der Waals surface area contributed by atoms with Crippen molar-refractivity contribution >= 4 is 35.6 Å². The first-order valence-corrected chi connectivity index (χ1v) is 6.97. The van der Waals surface area contributed by atoms with Gasteiger partial charge in [0.15, 0.2) is 5.96 Å². The van der Waals surface area contributed by atoms with E-state index in [0.717, 1.165) is 17.9 Å². The second-order valence-corrected chi connectivity index (χ2v) is 4.55. The van der Waals surface area contributed by atoms with Gasteiger partial charge >= 0.3 is 0 Å². The standard InChI is InChI=1S/C15H18N4O3.HI/c1-2-16-15(18-11-14-4-3-9-22-14)17-10-12-5-7-13(8-6-12)19(20)21;/h3-9H,2,10-11H2,1H3,(H2,16,17,18);1H. The Morgan fingerprint density at radius 3 is 2.57 bits per heavy atom. The number of furan rings is 1. The number of nitrogens with one attached hydrogen (secondary N) is 2. The monoisotopic (exact) mass is 430 g/mol. The first kappa shape index (κ1) is 18.9. The van der Waals surface area contributed by atoms with E-state index in [1.165, 1.54) is 12.1 Å². The third kappa shape index (κ3) is 6.27. The van der Waals surface area contributed by atoms with Crippen LogP contribution in [0.15, 0.2) is 52.1 Å². The van der Waals surface area contributed by atoms with Gasteiger partial charge in [-0.2, -0.15) is 0 Å². The van der Waals surface area contributed by atoms with Crippen molar-refractivity contribution in [2.45, 2.75) is 20.0 Å². The van der Waals surface area contributed by atoms with Crippen LogP contribution in [0.1, 0.15) is 18.2 Å². The summed E-state index contributed by atoms with van der Waals surface area (Å²) in [6, 6.07) is 10.1. The van der Waals surface area contributed by atoms with Crippen LogP contribution >= 0.6 is 24.0 Å². The minimum Gasteiger partial charge on any atom is -0.467 e. The van der Waals surface area contributed by atoms with Crippen LogP contribution < -0.4 is 10.6 Å². The summed E-state index contributed by atoms with van der Waals surface area (Å²) >= 11 is 0. The molecule has 0 aliphatic carbocycles. The Bertz CT molecular complexity index is 627. The molecule has 0 saturated carbocycles. The second-order valence-electron chi connectivity index (χ2n) is 4.55. The first-order valence-electron chi connectivity index (χ1n) is 6.97. The quantitative estimate of drug-likeness (QED) is 0.242. The predicted molar refractivity (Wildman–Crippen MR) is 98.9 cm³/mol. The minimum atomic E-state index is -0.415. The third-order valence-corrected chi connectivity index (χ3v) is 2.92. The van der Waals surface area contributed by atoms with Crippen LogP contribution in [0, 0.1) is 10.1 Å². The Morgan fingerprint density at radius 1 is 1.26 bits per heavy atom. The zero-order chi connectivity index (χ0) is 15.8. The summed E-state index contributed by atoms with van der Waals surface area (Å²) in [5.41, 5.74) is 0.983. The molecule has 0 spiro atoms. The zero-order valence-corrected chi connectivity index (χ0v) is 15.0. The number of guanidine groups is 1. The normalized spacial score (nSPS) is 10.7. The first-order chi connectivity index (χ1) is 10.7. The Morgan fingerprint density at radius 2 is 2.00 bits per heavy atom. The highest BCUT2D eigenvalue weighted by Crippen LogP contribution is 2.12. The molecule has 0 bridgehead atoms. The van der Waals surface area contributed by atoms with E-state index in [4.69, 9.17) is 4.42 Å². The fraction of sp³-hybridized carbons (Fsp3) is 0.267. The molecule has 2 N–H and O–H groups in total. The highest BCUT2D eigenvalue weighted by atomic mass is 127. The molecule has 23 heavy (non-hydrogen) atoms. The smallest absolute Gasteiger partial charge is 0.269 e. The third-order valence-electron chi connectivity index (χ3n) is 2.92. The van der Waals surface area contributed by atoms with Crippen LogP contribution in [-0.4, -0.2) is 17.4 Å². The highest BCUT2D eigenvalue weighted by molar-refractivity contribution is 14.0. The van der Waals surface area contributed by atoms with Crippen LogP contribution in [-0.2, 0) is 13.1 Å². The van der Waals surface area contributed by atoms with Crippen molar-refractivity contribution < 1.29 is 9.34 Å². The molecular formula is C15H19IN4O3. The molecule has 0 fully saturated rings. The van der Waals surface area contributed by atoms with Crippen molar-refractivity contribution in [2.75, 3.05) is 6.54 Å². The Kier molecular flexibility index (Phi) is 8.09. The van der Waals surface area contributed by atoms with E-state index in [0.29, 0.717) is 19.0 Å². The zero-order valence-electron chi connectivity index (χ0n) is 12.7. The van der Waals surface area contributed by atoms with Crippen LogP contribution in [0.3, 0.4) is 0 Å². The van der Waals surface area contributed by atoms with Crippen molar-refractivity contribution in [3.05, 3.63) is 64.1 Å². The number of hydrogen-bond acceptors (Lipinski definition) is 4. The van der Waals surface area contributed by atoms with Gasteiger partial charge in [-0.05, 0) is 24.6 Å². The molecule has 2 rings (SSSR count). The van der Waals surface area contributed by atoms with Gasteiger partial charge in [0.25, 0.3) is 5.69 Å². The van der Waals surface area contributed by atoms with Gasteiger partial charge in [0, 0.05) is 18.7 Å². The Labute approximate surface area is 151 Å². The molecule has 1 heterocycles. The van der Waals surface area contributed by atoms with Gasteiger partial charge in [-0.15, -0.1) is 24.0 Å². The van der Waals surface area contributed by atoms with Gasteiger partial charge in [0.05, 0.1) is 24.3 Å². The van der Waals surface area contributed by atoms with E-state index >= 15 is 0 Å². The van der Waals surface area contributed by atoms with Crippen molar-refractivity contribution in [1.82, 2.24) is 10.6 Å². The van der Waals surface area contributed by atoms with Crippen molar-refractivity contribution in [2.24, 2.45) is 4.99 Å². The predicted octanol–water partition coefficient (Wildman–Crippen LogP) is 3.06. The minimum absolute atomic E-state index is 0. The van der Waals surface area contributed by atoms with Gasteiger partial charge in [-0.25, -0.2) is 4.99 Å². The fourth-order valence-corrected chi connectivity index (χ4v) is 1.82. The number of halogens is 1. The average molecular weight is 430 g/mol. The van der Waals surface area contributed by atoms with Crippen LogP contribution in [0.4, 0.5) is 5.69 Å². The molecule has 0 aliphatic rings. The lowest BCUT2D eigenvalue weighted by molar-refractivity contribution is -0.384. The summed E-state index contributed by atoms with van der Waals surface area (Å²) < 4.78 is 5.25. The maximum Gasteiger partial charge on any atom is 0.269 e. The molecule has 1 aromatic carbocycles. The topological polar surface area (TPSA) is 92.7 Å². The number of nitro benzene ring substituents is 1. The fourth-order valence-electron chi connectivity index (χ4n) is 1.82. The number of benzene rings is 1. The largest absolute Gasteiger partial charge is 0.467 e. The molecule has 2 aromatic rings. The van der Waals surface area contributed by atoms with Crippen LogP contribution in [0.5, 0.6) is 0 Å². The lowest BCUT2D eigenvalue weighted by atomic mass is 10.2. The average Bonchev–Trinajstić information content (AvgIpc) is 3.04. The van der Waals surface area contributed by atoms with Crippen molar-refractivity contribution in [3.8, 4) is 0 Å². The summed E-state index contributed by atoms with van der Waals surface area (Å²) in [5.74, 6) is 1.48. The molecule has 8 heteroatoms. The van der Waals surface area contributed by atoms with Crippen molar-refractivity contribution in [1.29, 1.82) is 0 Å². The van der Waals surface area contributed by atoms with Gasteiger partial charge in [-0.3, -0.25) is 10.1 Å². The summed E-state index contributed by atoms with van der Waals surface area (Å²) in [5, 5.41) is 16.9. The molecule has 7 nitrogen and oxygen atoms in total. The van der Waals surface area contributed by atoms with E-state index < -0.39 is 4.92 Å². The molecule has 0 saturated heterocycles. The number of nitro groups is 1. The molecule has 0 radical (unpaired) electrons. The maximum atomic E-state index is 10.6. The summed E-state index contributed by atoms with van der Waals surface area (Å²) in [6.07, 6.45) is 1.62. The SMILES string of the molecule is CCNC(=NCc1ccc([N+](=O)[O-])cc1)NCc1ccco1.I. The van der Waals surface area contributed by atoms with E-state index in [1.54, 1.807) is 18.4 Å². The Balaban J connectivity index is 0.00000264. The highest BCUT2D eigenvalue weighted by Gasteiger charge is 2.04. The second kappa shape index (κ2) is 9.82. The number of non-ortho nitro benzene ring substituents is 1. The molecule has 124 valence electrons.